The van der Waals surface area contributed by atoms with Gasteiger partial charge in [0, 0.05) is 36.3 Å². The van der Waals surface area contributed by atoms with Gasteiger partial charge < -0.3 is 10.2 Å². The Morgan fingerprint density at radius 3 is 2.61 bits per heavy atom. The summed E-state index contributed by atoms with van der Waals surface area (Å²) in [6.07, 6.45) is -2.62. The zero-order chi connectivity index (χ0) is 22.2. The number of pyridine rings is 2. The number of hydrogen-bond acceptors (Lipinski definition) is 4. The van der Waals surface area contributed by atoms with Crippen LogP contribution in [-0.4, -0.2) is 29.0 Å². The molecule has 1 fully saturated rings. The summed E-state index contributed by atoms with van der Waals surface area (Å²) >= 11 is 6.05. The zero-order valence-corrected chi connectivity index (χ0v) is 17.5. The summed E-state index contributed by atoms with van der Waals surface area (Å²) < 4.78 is 38.5. The summed E-state index contributed by atoms with van der Waals surface area (Å²) in [6, 6.07) is 10.4. The minimum atomic E-state index is -4.49. The number of amides is 1. The maximum atomic E-state index is 12.8. The van der Waals surface area contributed by atoms with Gasteiger partial charge in [-0.05, 0) is 38.0 Å². The number of nitrogens with zero attached hydrogens (tertiary/aromatic N) is 3. The Hall–Kier alpha value is -2.87. The van der Waals surface area contributed by atoms with Crippen molar-refractivity contribution in [2.45, 2.75) is 25.9 Å². The van der Waals surface area contributed by atoms with Gasteiger partial charge in [-0.25, -0.2) is 4.98 Å². The minimum absolute atomic E-state index is 0.0464. The largest absolute Gasteiger partial charge is 0.417 e. The monoisotopic (exact) mass is 448 g/mol. The van der Waals surface area contributed by atoms with Crippen molar-refractivity contribution >= 4 is 39.9 Å². The Labute approximate surface area is 182 Å². The Morgan fingerprint density at radius 2 is 1.94 bits per heavy atom. The number of carbonyl (C=O) groups excluding carboxylic acids is 1. The predicted octanol–water partition coefficient (Wildman–Crippen LogP) is 5.47. The standard InChI is InChI=1S/C22H20ClF3N4O/c1-13-5-6-14-3-2-4-18(19(14)28-13)29-21(31)15-7-9-30(10-8-15)20-17(23)11-16(12-27-20)22(24,25)26/h2-6,11-12,15H,7-10H2,1H3,(H,29,31). The molecule has 0 unspecified atom stereocenters. The van der Waals surface area contributed by atoms with Gasteiger partial charge in [0.1, 0.15) is 5.82 Å². The number of rotatable bonds is 3. The molecule has 4 rings (SSSR count). The Balaban J connectivity index is 1.43. The highest BCUT2D eigenvalue weighted by molar-refractivity contribution is 6.33. The number of alkyl halides is 3. The van der Waals surface area contributed by atoms with Gasteiger partial charge in [-0.1, -0.05) is 29.8 Å². The average molecular weight is 449 g/mol. The highest BCUT2D eigenvalue weighted by Gasteiger charge is 2.33. The molecule has 0 bridgehead atoms. The Kier molecular flexibility index (Phi) is 5.75. The van der Waals surface area contributed by atoms with Crippen LogP contribution in [0.3, 0.4) is 0 Å². The quantitative estimate of drug-likeness (QED) is 0.577. The lowest BCUT2D eigenvalue weighted by molar-refractivity contribution is -0.137. The molecule has 3 aromatic rings. The molecule has 1 N–H and O–H groups in total. The van der Waals surface area contributed by atoms with Gasteiger partial charge in [-0.3, -0.25) is 9.78 Å². The van der Waals surface area contributed by atoms with E-state index < -0.39 is 11.7 Å². The van der Waals surface area contributed by atoms with Crippen LogP contribution in [-0.2, 0) is 11.0 Å². The molecule has 0 atom stereocenters. The summed E-state index contributed by atoms with van der Waals surface area (Å²) in [5.41, 5.74) is 1.40. The third kappa shape index (κ3) is 4.58. The molecule has 162 valence electrons. The van der Waals surface area contributed by atoms with E-state index in [0.717, 1.165) is 28.9 Å². The normalized spacial score (nSPS) is 15.3. The molecule has 0 spiro atoms. The number of para-hydroxylation sites is 1. The molecule has 1 aromatic carbocycles. The van der Waals surface area contributed by atoms with E-state index in [4.69, 9.17) is 11.6 Å². The number of carbonyl (C=O) groups is 1. The molecule has 0 radical (unpaired) electrons. The molecule has 0 aliphatic carbocycles. The molecule has 5 nitrogen and oxygen atoms in total. The van der Waals surface area contributed by atoms with E-state index in [1.807, 2.05) is 42.2 Å². The van der Waals surface area contributed by atoms with Crippen LogP contribution in [0.25, 0.3) is 10.9 Å². The minimum Gasteiger partial charge on any atom is -0.355 e. The summed E-state index contributed by atoms with van der Waals surface area (Å²) in [6.45, 7) is 2.85. The van der Waals surface area contributed by atoms with Crippen LogP contribution in [0.5, 0.6) is 0 Å². The van der Waals surface area contributed by atoms with Crippen LogP contribution in [0.15, 0.2) is 42.6 Å². The smallest absolute Gasteiger partial charge is 0.355 e. The molecule has 0 saturated carbocycles. The van der Waals surface area contributed by atoms with Crippen LogP contribution >= 0.6 is 11.6 Å². The van der Waals surface area contributed by atoms with Crippen LogP contribution in [0.4, 0.5) is 24.7 Å². The van der Waals surface area contributed by atoms with Gasteiger partial charge in [0.05, 0.1) is 21.8 Å². The van der Waals surface area contributed by atoms with Gasteiger partial charge in [0.25, 0.3) is 0 Å². The first-order valence-electron chi connectivity index (χ1n) is 9.87. The summed E-state index contributed by atoms with van der Waals surface area (Å²) in [5.74, 6) is -0.00581. The van der Waals surface area contributed by atoms with Gasteiger partial charge in [-0.2, -0.15) is 13.2 Å². The predicted molar refractivity (Wildman–Crippen MR) is 114 cm³/mol. The molecule has 9 heteroatoms. The van der Waals surface area contributed by atoms with E-state index in [-0.39, 0.29) is 16.8 Å². The number of benzene rings is 1. The third-order valence-electron chi connectivity index (χ3n) is 5.43. The summed E-state index contributed by atoms with van der Waals surface area (Å²) in [4.78, 5) is 23.1. The van der Waals surface area contributed by atoms with E-state index >= 15 is 0 Å². The lowest BCUT2D eigenvalue weighted by Crippen LogP contribution is -2.38. The van der Waals surface area contributed by atoms with E-state index in [0.29, 0.717) is 37.4 Å². The second-order valence-electron chi connectivity index (χ2n) is 7.61. The first-order valence-corrected chi connectivity index (χ1v) is 10.2. The number of aryl methyl sites for hydroxylation is 1. The highest BCUT2D eigenvalue weighted by atomic mass is 35.5. The maximum Gasteiger partial charge on any atom is 0.417 e. The molecular formula is C22H20ClF3N4O. The fourth-order valence-electron chi connectivity index (χ4n) is 3.75. The van der Waals surface area contributed by atoms with Crippen molar-refractivity contribution in [3.8, 4) is 0 Å². The fourth-order valence-corrected chi connectivity index (χ4v) is 4.04. The summed E-state index contributed by atoms with van der Waals surface area (Å²) in [7, 11) is 0. The molecule has 2 aromatic heterocycles. The lowest BCUT2D eigenvalue weighted by atomic mass is 9.95. The second kappa shape index (κ2) is 8.34. The molecule has 1 amide bonds. The topological polar surface area (TPSA) is 58.1 Å². The fraction of sp³-hybridized carbons (Fsp3) is 0.318. The average Bonchev–Trinajstić information content (AvgIpc) is 2.73. The van der Waals surface area contributed by atoms with Crippen LogP contribution < -0.4 is 10.2 Å². The first-order chi connectivity index (χ1) is 14.7. The van der Waals surface area contributed by atoms with E-state index in [9.17, 15) is 18.0 Å². The van der Waals surface area contributed by atoms with E-state index in [2.05, 4.69) is 15.3 Å². The maximum absolute atomic E-state index is 12.8. The van der Waals surface area contributed by atoms with Gasteiger partial charge in [0.15, 0.2) is 0 Å². The molecule has 1 aliphatic heterocycles. The molecule has 1 saturated heterocycles. The van der Waals surface area contributed by atoms with Crippen LogP contribution in [0.2, 0.25) is 5.02 Å². The van der Waals surface area contributed by atoms with E-state index in [1.165, 1.54) is 0 Å². The molecular weight excluding hydrogens is 429 g/mol. The summed E-state index contributed by atoms with van der Waals surface area (Å²) in [5, 5.41) is 3.88. The second-order valence-corrected chi connectivity index (χ2v) is 8.01. The first kappa shape index (κ1) is 21.4. The van der Waals surface area contributed by atoms with Crippen molar-refractivity contribution in [1.82, 2.24) is 9.97 Å². The molecule has 3 heterocycles. The number of hydrogen-bond donors (Lipinski definition) is 1. The van der Waals surface area contributed by atoms with Crippen molar-refractivity contribution < 1.29 is 18.0 Å². The van der Waals surface area contributed by atoms with Crippen LogP contribution in [0.1, 0.15) is 24.1 Å². The number of fused-ring (bicyclic) bond motifs is 1. The number of aromatic nitrogens is 2. The van der Waals surface area contributed by atoms with Crippen molar-refractivity contribution in [2.75, 3.05) is 23.3 Å². The number of piperidine rings is 1. The third-order valence-corrected chi connectivity index (χ3v) is 5.71. The van der Waals surface area contributed by atoms with Gasteiger partial charge >= 0.3 is 6.18 Å². The Bertz CT molecular complexity index is 1130. The number of nitrogens with one attached hydrogen (secondary N) is 1. The van der Waals surface area contributed by atoms with Gasteiger partial charge in [0.2, 0.25) is 5.91 Å². The zero-order valence-electron chi connectivity index (χ0n) is 16.7. The van der Waals surface area contributed by atoms with Crippen molar-refractivity contribution in [3.05, 3.63) is 58.9 Å². The van der Waals surface area contributed by atoms with Crippen LogP contribution in [0, 0.1) is 12.8 Å². The highest BCUT2D eigenvalue weighted by Crippen LogP contribution is 2.35. The van der Waals surface area contributed by atoms with Crippen molar-refractivity contribution in [3.63, 3.8) is 0 Å². The number of anilines is 2. The molecule has 31 heavy (non-hydrogen) atoms. The lowest BCUT2D eigenvalue weighted by Gasteiger charge is -2.32. The van der Waals surface area contributed by atoms with Gasteiger partial charge in [-0.15, -0.1) is 0 Å². The van der Waals surface area contributed by atoms with E-state index in [1.54, 1.807) is 0 Å². The number of halogens is 4. The Morgan fingerprint density at radius 1 is 1.19 bits per heavy atom. The van der Waals surface area contributed by atoms with Crippen molar-refractivity contribution in [2.24, 2.45) is 5.92 Å². The van der Waals surface area contributed by atoms with Crippen molar-refractivity contribution in [1.29, 1.82) is 0 Å². The molecule has 1 aliphatic rings. The SMILES string of the molecule is Cc1ccc2cccc(NC(=O)C3CCN(c4ncc(C(F)(F)F)cc4Cl)CC3)c2n1.